The van der Waals surface area contributed by atoms with Gasteiger partial charge in [0.2, 0.25) is 0 Å². The van der Waals surface area contributed by atoms with Gasteiger partial charge in [0.15, 0.2) is 0 Å². The molecule has 0 saturated carbocycles. The van der Waals surface area contributed by atoms with Crippen molar-refractivity contribution in [2.24, 2.45) is 0 Å². The van der Waals surface area contributed by atoms with Gasteiger partial charge in [-0.1, -0.05) is 104 Å². The summed E-state index contributed by atoms with van der Waals surface area (Å²) in [5, 5.41) is 3.64. The lowest BCUT2D eigenvalue weighted by atomic mass is 9.92. The Labute approximate surface area is 165 Å². The summed E-state index contributed by atoms with van der Waals surface area (Å²) < 4.78 is 0. The van der Waals surface area contributed by atoms with Crippen molar-refractivity contribution in [3.8, 4) is 11.1 Å². The minimum Gasteiger partial charge on any atom is -0.252 e. The molecule has 1 heteroatoms. The zero-order valence-corrected chi connectivity index (χ0v) is 15.8. The molecule has 0 spiro atoms. The fourth-order valence-electron chi connectivity index (χ4n) is 3.97. The van der Waals surface area contributed by atoms with Gasteiger partial charge in [-0.2, -0.15) is 0 Å². The second-order valence-electron chi connectivity index (χ2n) is 7.28. The first-order valence-electron chi connectivity index (χ1n) is 9.74. The molecule has 134 valence electrons. The normalized spacial score (nSPS) is 12.3. The molecule has 0 aliphatic heterocycles. The van der Waals surface area contributed by atoms with Gasteiger partial charge in [-0.05, 0) is 28.1 Å². The zero-order valence-electron chi connectivity index (χ0n) is 15.8. The molecule has 1 heterocycles. The number of fused-ring (bicyclic) bond motifs is 3. The second-order valence-corrected chi connectivity index (χ2v) is 7.28. The Kier molecular flexibility index (Phi) is 4.14. The molecule has 0 saturated heterocycles. The van der Waals surface area contributed by atoms with E-state index in [0.29, 0.717) is 0 Å². The number of pyridine rings is 1. The van der Waals surface area contributed by atoms with E-state index in [1.807, 2.05) is 0 Å². The van der Waals surface area contributed by atoms with Crippen molar-refractivity contribution in [3.63, 3.8) is 0 Å². The Bertz CT molecular complexity index is 1260. The van der Waals surface area contributed by atoms with Gasteiger partial charge >= 0.3 is 0 Å². The van der Waals surface area contributed by atoms with Crippen LogP contribution in [-0.4, -0.2) is 4.98 Å². The maximum atomic E-state index is 5.17. The number of benzene rings is 4. The maximum Gasteiger partial charge on any atom is 0.0790 e. The number of hydrogen-bond donors (Lipinski definition) is 0. The van der Waals surface area contributed by atoms with Gasteiger partial charge in [-0.3, -0.25) is 4.98 Å². The zero-order chi connectivity index (χ0) is 18.9. The topological polar surface area (TPSA) is 12.9 Å². The average Bonchev–Trinajstić information content (AvgIpc) is 2.79. The Morgan fingerprint density at radius 1 is 0.643 bits per heavy atom. The largest absolute Gasteiger partial charge is 0.252 e. The molecule has 1 aromatic heterocycles. The SMILES string of the molecule is CC(c1ccccc1)c1cc(-c2ccccc2)c2ccc3ccccc3c2n1. The highest BCUT2D eigenvalue weighted by Gasteiger charge is 2.15. The molecule has 5 rings (SSSR count). The van der Waals surface area contributed by atoms with Crippen molar-refractivity contribution in [1.82, 2.24) is 4.98 Å². The number of nitrogens with zero attached hydrogens (tertiary/aromatic N) is 1. The summed E-state index contributed by atoms with van der Waals surface area (Å²) in [5.74, 6) is 0.229. The second kappa shape index (κ2) is 6.94. The number of hydrogen-bond acceptors (Lipinski definition) is 1. The molecule has 0 aliphatic rings. The van der Waals surface area contributed by atoms with Crippen LogP contribution in [0.25, 0.3) is 32.8 Å². The third kappa shape index (κ3) is 2.86. The summed E-state index contributed by atoms with van der Waals surface area (Å²) >= 11 is 0. The van der Waals surface area contributed by atoms with E-state index in [4.69, 9.17) is 4.98 Å². The van der Waals surface area contributed by atoms with Crippen LogP contribution >= 0.6 is 0 Å². The quantitative estimate of drug-likeness (QED) is 0.310. The van der Waals surface area contributed by atoms with Gasteiger partial charge in [0.05, 0.1) is 5.52 Å². The first-order chi connectivity index (χ1) is 13.8. The highest BCUT2D eigenvalue weighted by Crippen LogP contribution is 2.35. The Morgan fingerprint density at radius 3 is 2.11 bits per heavy atom. The molecule has 28 heavy (non-hydrogen) atoms. The van der Waals surface area contributed by atoms with E-state index in [1.165, 1.54) is 32.8 Å². The van der Waals surface area contributed by atoms with E-state index in [0.717, 1.165) is 11.2 Å². The van der Waals surface area contributed by atoms with E-state index in [1.54, 1.807) is 0 Å². The molecule has 0 radical (unpaired) electrons. The molecule has 0 N–H and O–H groups in total. The van der Waals surface area contributed by atoms with Gasteiger partial charge in [0, 0.05) is 22.4 Å². The Morgan fingerprint density at radius 2 is 1.32 bits per heavy atom. The van der Waals surface area contributed by atoms with E-state index in [9.17, 15) is 0 Å². The van der Waals surface area contributed by atoms with Crippen molar-refractivity contribution in [2.45, 2.75) is 12.8 Å². The van der Waals surface area contributed by atoms with Crippen LogP contribution in [0.2, 0.25) is 0 Å². The van der Waals surface area contributed by atoms with Crippen molar-refractivity contribution >= 4 is 21.7 Å². The lowest BCUT2D eigenvalue weighted by Gasteiger charge is -2.16. The molecule has 0 fully saturated rings. The molecule has 0 aliphatic carbocycles. The van der Waals surface area contributed by atoms with Crippen LogP contribution in [-0.2, 0) is 0 Å². The van der Waals surface area contributed by atoms with Crippen molar-refractivity contribution in [2.75, 3.05) is 0 Å². The first kappa shape index (κ1) is 16.7. The van der Waals surface area contributed by atoms with Crippen LogP contribution in [0.5, 0.6) is 0 Å². The highest BCUT2D eigenvalue weighted by atomic mass is 14.7. The van der Waals surface area contributed by atoms with Crippen molar-refractivity contribution < 1.29 is 0 Å². The van der Waals surface area contributed by atoms with Gasteiger partial charge in [-0.25, -0.2) is 0 Å². The fourth-order valence-corrected chi connectivity index (χ4v) is 3.97. The molecule has 4 aromatic carbocycles. The summed E-state index contributed by atoms with van der Waals surface area (Å²) in [6.07, 6.45) is 0. The van der Waals surface area contributed by atoms with Crippen LogP contribution in [0.4, 0.5) is 0 Å². The predicted octanol–water partition coefficient (Wildman–Crippen LogP) is 7.21. The third-order valence-corrected chi connectivity index (χ3v) is 5.55. The summed E-state index contributed by atoms with van der Waals surface area (Å²) in [7, 11) is 0. The molecule has 0 amide bonds. The van der Waals surface area contributed by atoms with Crippen molar-refractivity contribution in [3.05, 3.63) is 114 Å². The lowest BCUT2D eigenvalue weighted by Crippen LogP contribution is -2.01. The Balaban J connectivity index is 1.83. The third-order valence-electron chi connectivity index (χ3n) is 5.55. The van der Waals surface area contributed by atoms with Gasteiger partial charge in [-0.15, -0.1) is 0 Å². The van der Waals surface area contributed by atoms with Gasteiger partial charge in [0.1, 0.15) is 0 Å². The first-order valence-corrected chi connectivity index (χ1v) is 9.74. The molecule has 1 nitrogen and oxygen atoms in total. The smallest absolute Gasteiger partial charge is 0.0790 e. The van der Waals surface area contributed by atoms with E-state index in [2.05, 4.69) is 110 Å². The summed E-state index contributed by atoms with van der Waals surface area (Å²) in [5.41, 5.74) is 5.94. The van der Waals surface area contributed by atoms with Crippen LogP contribution < -0.4 is 0 Å². The van der Waals surface area contributed by atoms with Gasteiger partial charge in [0.25, 0.3) is 0 Å². The number of rotatable bonds is 3. The van der Waals surface area contributed by atoms with Crippen LogP contribution in [0.15, 0.2) is 103 Å². The lowest BCUT2D eigenvalue weighted by molar-refractivity contribution is 0.881. The molecule has 1 atom stereocenters. The summed E-state index contributed by atoms with van der Waals surface area (Å²) in [6, 6.07) is 36.4. The van der Waals surface area contributed by atoms with Crippen molar-refractivity contribution in [1.29, 1.82) is 0 Å². The minimum atomic E-state index is 0.229. The molecule has 1 unspecified atom stereocenters. The minimum absolute atomic E-state index is 0.229. The predicted molar refractivity (Wildman–Crippen MR) is 119 cm³/mol. The summed E-state index contributed by atoms with van der Waals surface area (Å²) in [6.45, 7) is 2.24. The van der Waals surface area contributed by atoms with Gasteiger partial charge < -0.3 is 0 Å². The number of aromatic nitrogens is 1. The van der Waals surface area contributed by atoms with Crippen LogP contribution in [0.1, 0.15) is 24.1 Å². The van der Waals surface area contributed by atoms with E-state index >= 15 is 0 Å². The highest BCUT2D eigenvalue weighted by molar-refractivity contribution is 6.10. The summed E-state index contributed by atoms with van der Waals surface area (Å²) in [4.78, 5) is 5.17. The molecule has 0 bridgehead atoms. The van der Waals surface area contributed by atoms with Crippen LogP contribution in [0.3, 0.4) is 0 Å². The molecule has 5 aromatic rings. The monoisotopic (exact) mass is 359 g/mol. The standard InChI is InChI=1S/C27H21N/c1-19(20-10-4-2-5-11-20)26-18-25(21-12-6-3-7-13-21)24-17-16-22-14-8-9-15-23(22)27(24)28-26/h2-19H,1H3. The maximum absolute atomic E-state index is 5.17. The molecular weight excluding hydrogens is 338 g/mol. The molecular formula is C27H21N. The fraction of sp³-hybridized carbons (Fsp3) is 0.0741. The average molecular weight is 359 g/mol. The van der Waals surface area contributed by atoms with Crippen LogP contribution in [0, 0.1) is 0 Å². The Hall–Kier alpha value is -3.45. The van der Waals surface area contributed by atoms with E-state index in [-0.39, 0.29) is 5.92 Å². The van der Waals surface area contributed by atoms with E-state index < -0.39 is 0 Å².